The molecule has 3 N–H and O–H groups in total. The predicted molar refractivity (Wildman–Crippen MR) is 149 cm³/mol. The van der Waals surface area contributed by atoms with Crippen LogP contribution in [0.25, 0.3) is 0 Å². The van der Waals surface area contributed by atoms with Crippen molar-refractivity contribution in [2.75, 3.05) is 30.0 Å². The number of hydrogen-bond acceptors (Lipinski definition) is 5. The molecule has 4 nitrogen and oxygen atoms in total. The summed E-state index contributed by atoms with van der Waals surface area (Å²) in [5.74, 6) is 1.52. The molecule has 0 aromatic carbocycles. The van der Waals surface area contributed by atoms with Crippen molar-refractivity contribution >= 4 is 33.7 Å². The molecular weight excluding hydrogens is 498 g/mol. The molecule has 0 fully saturated rings. The number of halogens is 1. The SMILES string of the molecule is N[C@@H](CSCCCCCCCCCCCCO)C(=O)OCCCCCCCCCCCCBr. The highest BCUT2D eigenvalue weighted by Crippen LogP contribution is 2.14. The number of aliphatic hydroxyl groups is 1. The molecule has 33 heavy (non-hydrogen) atoms. The Kier molecular flexibility index (Phi) is 28.6. The smallest absolute Gasteiger partial charge is 0.323 e. The quantitative estimate of drug-likeness (QED) is 0.0619. The van der Waals surface area contributed by atoms with Crippen LogP contribution in [0, 0.1) is 0 Å². The standard InChI is InChI=1S/C27H54BrNO3S/c28-21-17-13-9-5-1-3-7-11-15-19-23-32-27(31)26(29)25-33-24-20-16-12-8-4-2-6-10-14-18-22-30/h26,30H,1-25,29H2/t26-/m0/s1. The summed E-state index contributed by atoms with van der Waals surface area (Å²) >= 11 is 5.26. The topological polar surface area (TPSA) is 72.5 Å². The predicted octanol–water partition coefficient (Wildman–Crippen LogP) is 7.78. The molecule has 0 unspecified atom stereocenters. The molecular formula is C27H54BrNO3S. The van der Waals surface area contributed by atoms with E-state index in [9.17, 15) is 4.79 Å². The highest BCUT2D eigenvalue weighted by molar-refractivity contribution is 9.09. The lowest BCUT2D eigenvalue weighted by atomic mass is 10.1. The van der Waals surface area contributed by atoms with Crippen LogP contribution in [0.1, 0.15) is 128 Å². The largest absolute Gasteiger partial charge is 0.465 e. The molecule has 0 saturated heterocycles. The highest BCUT2D eigenvalue weighted by Gasteiger charge is 2.14. The number of aliphatic hydroxyl groups excluding tert-OH is 1. The lowest BCUT2D eigenvalue weighted by Crippen LogP contribution is -2.34. The minimum absolute atomic E-state index is 0.232. The van der Waals surface area contributed by atoms with Crippen molar-refractivity contribution in [2.24, 2.45) is 5.73 Å². The maximum Gasteiger partial charge on any atom is 0.323 e. The molecule has 198 valence electrons. The molecule has 0 saturated carbocycles. The number of unbranched alkanes of at least 4 members (excludes halogenated alkanes) is 18. The monoisotopic (exact) mass is 551 g/mol. The minimum atomic E-state index is -0.481. The fraction of sp³-hybridized carbons (Fsp3) is 0.963. The number of alkyl halides is 1. The van der Waals surface area contributed by atoms with E-state index in [0.29, 0.717) is 19.0 Å². The summed E-state index contributed by atoms with van der Waals surface area (Å²) in [7, 11) is 0. The zero-order valence-corrected chi connectivity index (χ0v) is 23.8. The van der Waals surface area contributed by atoms with Crippen molar-refractivity contribution in [3.05, 3.63) is 0 Å². The summed E-state index contributed by atoms with van der Waals surface area (Å²) in [5, 5.41) is 9.89. The first-order chi connectivity index (χ1) is 16.2. The summed E-state index contributed by atoms with van der Waals surface area (Å²) in [6, 6.07) is -0.481. The Morgan fingerprint density at radius 2 is 1.12 bits per heavy atom. The average molecular weight is 553 g/mol. The molecule has 0 aromatic rings. The summed E-state index contributed by atoms with van der Waals surface area (Å²) in [4.78, 5) is 12.0. The van der Waals surface area contributed by atoms with Gasteiger partial charge in [0.1, 0.15) is 6.04 Å². The van der Waals surface area contributed by atoms with Gasteiger partial charge >= 0.3 is 5.97 Å². The van der Waals surface area contributed by atoms with Crippen LogP contribution in [-0.4, -0.2) is 47.2 Å². The summed E-state index contributed by atoms with van der Waals surface area (Å²) in [5.41, 5.74) is 5.98. The van der Waals surface area contributed by atoms with Crippen molar-refractivity contribution in [3.8, 4) is 0 Å². The van der Waals surface area contributed by atoms with E-state index in [-0.39, 0.29) is 5.97 Å². The fourth-order valence-electron chi connectivity index (χ4n) is 3.90. The van der Waals surface area contributed by atoms with Gasteiger partial charge in [-0.3, -0.25) is 4.79 Å². The Balaban J connectivity index is 3.29. The van der Waals surface area contributed by atoms with E-state index in [1.807, 2.05) is 0 Å². The van der Waals surface area contributed by atoms with Crippen molar-refractivity contribution in [3.63, 3.8) is 0 Å². The second-order valence-corrected chi connectivity index (χ2v) is 11.3. The molecule has 0 aliphatic heterocycles. The Morgan fingerprint density at radius 3 is 1.61 bits per heavy atom. The number of ether oxygens (including phenoxy) is 1. The van der Waals surface area contributed by atoms with E-state index in [1.165, 1.54) is 109 Å². The van der Waals surface area contributed by atoms with E-state index >= 15 is 0 Å². The third-order valence-electron chi connectivity index (χ3n) is 6.07. The first-order valence-electron chi connectivity index (χ1n) is 13.9. The Morgan fingerprint density at radius 1 is 0.697 bits per heavy atom. The third kappa shape index (κ3) is 26.7. The van der Waals surface area contributed by atoms with Crippen molar-refractivity contribution in [1.82, 2.24) is 0 Å². The maximum atomic E-state index is 12.0. The number of nitrogens with two attached hydrogens (primary N) is 1. The van der Waals surface area contributed by atoms with Gasteiger partial charge in [0.15, 0.2) is 0 Å². The lowest BCUT2D eigenvalue weighted by molar-refractivity contribution is -0.144. The van der Waals surface area contributed by atoms with Gasteiger partial charge in [-0.05, 0) is 31.4 Å². The van der Waals surface area contributed by atoms with Crippen LogP contribution in [0.4, 0.5) is 0 Å². The molecule has 0 spiro atoms. The van der Waals surface area contributed by atoms with E-state index in [0.717, 1.165) is 30.3 Å². The number of carbonyl (C=O) groups excluding carboxylic acids is 1. The van der Waals surface area contributed by atoms with Gasteiger partial charge in [-0.25, -0.2) is 0 Å². The van der Waals surface area contributed by atoms with Crippen LogP contribution in [-0.2, 0) is 9.53 Å². The molecule has 0 aliphatic rings. The molecule has 0 radical (unpaired) electrons. The van der Waals surface area contributed by atoms with Gasteiger partial charge in [-0.15, -0.1) is 0 Å². The van der Waals surface area contributed by atoms with Crippen molar-refractivity contribution in [1.29, 1.82) is 0 Å². The minimum Gasteiger partial charge on any atom is -0.465 e. The summed E-state index contributed by atoms with van der Waals surface area (Å²) in [6.07, 6.45) is 25.2. The Hall–Kier alpha value is 0.220. The molecule has 6 heteroatoms. The molecule has 0 bridgehead atoms. The van der Waals surface area contributed by atoms with Crippen molar-refractivity contribution in [2.45, 2.75) is 134 Å². The lowest BCUT2D eigenvalue weighted by Gasteiger charge is -2.11. The van der Waals surface area contributed by atoms with Gasteiger partial charge in [0.2, 0.25) is 0 Å². The van der Waals surface area contributed by atoms with Crippen LogP contribution in [0.5, 0.6) is 0 Å². The van der Waals surface area contributed by atoms with E-state index in [2.05, 4.69) is 15.9 Å². The number of carbonyl (C=O) groups is 1. The Labute approximate surface area is 218 Å². The van der Waals surface area contributed by atoms with Crippen molar-refractivity contribution < 1.29 is 14.6 Å². The van der Waals surface area contributed by atoms with Gasteiger partial charge in [-0.2, -0.15) is 11.8 Å². The fourth-order valence-corrected chi connectivity index (χ4v) is 5.26. The number of hydrogen-bond donors (Lipinski definition) is 2. The summed E-state index contributed by atoms with van der Waals surface area (Å²) < 4.78 is 5.36. The zero-order valence-electron chi connectivity index (χ0n) is 21.4. The van der Waals surface area contributed by atoms with Crippen LogP contribution in [0.2, 0.25) is 0 Å². The number of thioether (sulfide) groups is 1. The van der Waals surface area contributed by atoms with Crippen LogP contribution in [0.3, 0.4) is 0 Å². The molecule has 0 amide bonds. The molecule has 0 aliphatic carbocycles. The van der Waals surface area contributed by atoms with E-state index < -0.39 is 6.04 Å². The van der Waals surface area contributed by atoms with Gasteiger partial charge in [0, 0.05) is 17.7 Å². The average Bonchev–Trinajstić information content (AvgIpc) is 2.82. The van der Waals surface area contributed by atoms with E-state index in [1.54, 1.807) is 11.8 Å². The molecule has 1 atom stereocenters. The van der Waals surface area contributed by atoms with Gasteiger partial charge in [-0.1, -0.05) is 119 Å². The second-order valence-electron chi connectivity index (χ2n) is 9.33. The Bertz CT molecular complexity index is 402. The van der Waals surface area contributed by atoms with Crippen LogP contribution < -0.4 is 5.73 Å². The second kappa shape index (κ2) is 28.5. The van der Waals surface area contributed by atoms with Crippen LogP contribution >= 0.6 is 27.7 Å². The molecule has 0 rings (SSSR count). The van der Waals surface area contributed by atoms with Gasteiger partial charge in [0.25, 0.3) is 0 Å². The number of esters is 1. The molecule has 0 aromatic heterocycles. The van der Waals surface area contributed by atoms with Crippen LogP contribution in [0.15, 0.2) is 0 Å². The highest BCUT2D eigenvalue weighted by atomic mass is 79.9. The number of rotatable bonds is 27. The molecule has 0 heterocycles. The first kappa shape index (κ1) is 33.2. The first-order valence-corrected chi connectivity index (χ1v) is 16.2. The van der Waals surface area contributed by atoms with Gasteiger partial charge in [0.05, 0.1) is 6.61 Å². The zero-order chi connectivity index (χ0) is 24.2. The van der Waals surface area contributed by atoms with E-state index in [4.69, 9.17) is 15.6 Å². The maximum absolute atomic E-state index is 12.0. The third-order valence-corrected chi connectivity index (χ3v) is 7.80. The van der Waals surface area contributed by atoms with Gasteiger partial charge < -0.3 is 15.6 Å². The normalized spacial score (nSPS) is 12.2. The summed E-state index contributed by atoms with van der Waals surface area (Å²) in [6.45, 7) is 0.855.